The molecule has 0 saturated heterocycles. The molecular weight excluding hydrogens is 434 g/mol. The predicted octanol–water partition coefficient (Wildman–Crippen LogP) is 4.67. The van der Waals surface area contributed by atoms with Gasteiger partial charge in [-0.05, 0) is 50.5 Å². The van der Waals surface area contributed by atoms with Gasteiger partial charge in [-0.3, -0.25) is 9.48 Å². The zero-order valence-electron chi connectivity index (χ0n) is 19.8. The first kappa shape index (κ1) is 24.8. The van der Waals surface area contributed by atoms with Crippen LogP contribution in [0.5, 0.6) is 5.75 Å². The molecular formula is C26H31N3O5. The standard InChI is InChI=1S/C26H31N3O5/c1-26(2,3)34-25(32)27-12-7-13-29-17-21(16-28-29)22-14-20(15-24(30)31)10-11-23(22)33-18-19-8-5-4-6-9-19/h4-6,8-11,14,16-17H,7,12-13,15,18H2,1-3H3,(H,27,32)(H,30,31). The van der Waals surface area contributed by atoms with Crippen molar-refractivity contribution in [2.75, 3.05) is 6.54 Å². The van der Waals surface area contributed by atoms with Crippen molar-refractivity contribution in [2.45, 2.75) is 52.4 Å². The van der Waals surface area contributed by atoms with Crippen LogP contribution in [-0.4, -0.2) is 39.1 Å². The highest BCUT2D eigenvalue weighted by atomic mass is 16.6. The summed E-state index contributed by atoms with van der Waals surface area (Å²) >= 11 is 0. The monoisotopic (exact) mass is 465 g/mol. The number of benzene rings is 2. The molecule has 1 heterocycles. The van der Waals surface area contributed by atoms with Gasteiger partial charge in [0, 0.05) is 30.4 Å². The summed E-state index contributed by atoms with van der Waals surface area (Å²) in [7, 11) is 0. The van der Waals surface area contributed by atoms with Crippen LogP contribution >= 0.6 is 0 Å². The molecule has 8 heteroatoms. The van der Waals surface area contributed by atoms with Crippen molar-refractivity contribution < 1.29 is 24.2 Å². The van der Waals surface area contributed by atoms with Gasteiger partial charge in [-0.25, -0.2) is 4.79 Å². The first-order valence-corrected chi connectivity index (χ1v) is 11.2. The van der Waals surface area contributed by atoms with E-state index in [9.17, 15) is 14.7 Å². The van der Waals surface area contributed by atoms with Gasteiger partial charge in [0.25, 0.3) is 0 Å². The number of carbonyl (C=O) groups is 2. The fraction of sp³-hybridized carbons (Fsp3) is 0.346. The minimum atomic E-state index is -0.892. The topological polar surface area (TPSA) is 103 Å². The average molecular weight is 466 g/mol. The maximum absolute atomic E-state index is 11.8. The van der Waals surface area contributed by atoms with E-state index < -0.39 is 17.7 Å². The van der Waals surface area contributed by atoms with Gasteiger partial charge in [-0.15, -0.1) is 0 Å². The van der Waals surface area contributed by atoms with Crippen molar-refractivity contribution in [1.29, 1.82) is 0 Å². The fourth-order valence-electron chi connectivity index (χ4n) is 3.32. The third-order valence-corrected chi connectivity index (χ3v) is 4.81. The minimum Gasteiger partial charge on any atom is -0.488 e. The number of nitrogens with one attached hydrogen (secondary N) is 1. The molecule has 0 aliphatic carbocycles. The van der Waals surface area contributed by atoms with E-state index in [0.29, 0.717) is 37.4 Å². The number of aliphatic carboxylic acids is 1. The highest BCUT2D eigenvalue weighted by Crippen LogP contribution is 2.32. The number of nitrogens with zero attached hydrogens (tertiary/aromatic N) is 2. The van der Waals surface area contributed by atoms with Crippen molar-refractivity contribution in [3.8, 4) is 16.9 Å². The van der Waals surface area contributed by atoms with E-state index in [0.717, 1.165) is 16.7 Å². The lowest BCUT2D eigenvalue weighted by Crippen LogP contribution is -2.33. The van der Waals surface area contributed by atoms with Crippen LogP contribution in [0.3, 0.4) is 0 Å². The van der Waals surface area contributed by atoms with Gasteiger partial charge in [-0.1, -0.05) is 36.4 Å². The van der Waals surface area contributed by atoms with E-state index in [1.54, 1.807) is 23.0 Å². The highest BCUT2D eigenvalue weighted by molar-refractivity contribution is 5.74. The number of alkyl carbamates (subject to hydrolysis) is 1. The Kier molecular flexibility index (Phi) is 8.29. The Balaban J connectivity index is 1.67. The summed E-state index contributed by atoms with van der Waals surface area (Å²) in [5.41, 5.74) is 2.81. The van der Waals surface area contributed by atoms with Gasteiger partial charge in [0.2, 0.25) is 0 Å². The van der Waals surface area contributed by atoms with Crippen LogP contribution in [0.1, 0.15) is 38.3 Å². The number of hydrogen-bond donors (Lipinski definition) is 2. The summed E-state index contributed by atoms with van der Waals surface area (Å²) in [4.78, 5) is 23.0. The average Bonchev–Trinajstić information content (AvgIpc) is 3.24. The van der Waals surface area contributed by atoms with Crippen LogP contribution in [0, 0.1) is 0 Å². The molecule has 3 rings (SSSR count). The van der Waals surface area contributed by atoms with Gasteiger partial charge in [0.1, 0.15) is 18.0 Å². The molecule has 2 N–H and O–H groups in total. The number of aromatic nitrogens is 2. The molecule has 1 aromatic heterocycles. The number of carboxylic acid groups (broad SMARTS) is 1. The number of aryl methyl sites for hydroxylation is 1. The first-order valence-electron chi connectivity index (χ1n) is 11.2. The quantitative estimate of drug-likeness (QED) is 0.422. The SMILES string of the molecule is CC(C)(C)OC(=O)NCCCn1cc(-c2cc(CC(=O)O)ccc2OCc2ccccc2)cn1. The molecule has 180 valence electrons. The summed E-state index contributed by atoms with van der Waals surface area (Å²) in [6, 6.07) is 15.2. The molecule has 3 aromatic rings. The molecule has 1 amide bonds. The van der Waals surface area contributed by atoms with Crippen LogP contribution in [0.4, 0.5) is 4.79 Å². The number of ether oxygens (including phenoxy) is 2. The van der Waals surface area contributed by atoms with Crippen molar-refractivity contribution in [3.63, 3.8) is 0 Å². The largest absolute Gasteiger partial charge is 0.488 e. The number of rotatable bonds is 10. The van der Waals surface area contributed by atoms with Gasteiger partial charge in [0.15, 0.2) is 0 Å². The van der Waals surface area contributed by atoms with Crippen LogP contribution in [0.15, 0.2) is 60.9 Å². The second kappa shape index (κ2) is 11.4. The van der Waals surface area contributed by atoms with Crippen LogP contribution in [-0.2, 0) is 29.1 Å². The maximum atomic E-state index is 11.8. The summed E-state index contributed by atoms with van der Waals surface area (Å²) in [6.07, 6.45) is 3.79. The van der Waals surface area contributed by atoms with E-state index >= 15 is 0 Å². The summed E-state index contributed by atoms with van der Waals surface area (Å²) in [5.74, 6) is -0.235. The molecule has 0 fully saturated rings. The summed E-state index contributed by atoms with van der Waals surface area (Å²) in [6.45, 7) is 6.93. The number of carbonyl (C=O) groups excluding carboxylic acids is 1. The molecule has 0 spiro atoms. The second-order valence-electron chi connectivity index (χ2n) is 8.95. The Bertz CT molecular complexity index is 1100. The van der Waals surface area contributed by atoms with Crippen LogP contribution in [0.25, 0.3) is 11.1 Å². The first-order chi connectivity index (χ1) is 16.2. The third-order valence-electron chi connectivity index (χ3n) is 4.81. The van der Waals surface area contributed by atoms with E-state index in [-0.39, 0.29) is 6.42 Å². The smallest absolute Gasteiger partial charge is 0.407 e. The highest BCUT2D eigenvalue weighted by Gasteiger charge is 2.16. The van der Waals surface area contributed by atoms with Crippen molar-refractivity contribution >= 4 is 12.1 Å². The fourth-order valence-corrected chi connectivity index (χ4v) is 3.32. The number of carboxylic acids is 1. The molecule has 0 unspecified atom stereocenters. The van der Waals surface area contributed by atoms with Crippen molar-refractivity contribution in [2.24, 2.45) is 0 Å². The van der Waals surface area contributed by atoms with E-state index in [4.69, 9.17) is 9.47 Å². The van der Waals surface area contributed by atoms with Gasteiger partial charge in [0.05, 0.1) is 12.6 Å². The Hall–Kier alpha value is -3.81. The van der Waals surface area contributed by atoms with Crippen molar-refractivity contribution in [3.05, 3.63) is 72.1 Å². The van der Waals surface area contributed by atoms with Gasteiger partial charge < -0.3 is 19.9 Å². The minimum absolute atomic E-state index is 0.0730. The molecule has 8 nitrogen and oxygen atoms in total. The molecule has 0 saturated carbocycles. The lowest BCUT2D eigenvalue weighted by molar-refractivity contribution is -0.136. The maximum Gasteiger partial charge on any atom is 0.407 e. The summed E-state index contributed by atoms with van der Waals surface area (Å²) in [5, 5.41) is 16.3. The Labute approximate surface area is 199 Å². The second-order valence-corrected chi connectivity index (χ2v) is 8.95. The van der Waals surface area contributed by atoms with E-state index in [2.05, 4.69) is 10.4 Å². The molecule has 0 radical (unpaired) electrons. The Morgan fingerprint density at radius 3 is 2.56 bits per heavy atom. The molecule has 0 aliphatic rings. The van der Waals surface area contributed by atoms with E-state index in [1.807, 2.05) is 63.4 Å². The van der Waals surface area contributed by atoms with Gasteiger partial charge >= 0.3 is 12.1 Å². The Morgan fingerprint density at radius 2 is 1.85 bits per heavy atom. The zero-order valence-corrected chi connectivity index (χ0v) is 19.8. The van der Waals surface area contributed by atoms with Crippen molar-refractivity contribution in [1.82, 2.24) is 15.1 Å². The zero-order chi connectivity index (χ0) is 24.6. The predicted molar refractivity (Wildman–Crippen MR) is 129 cm³/mol. The van der Waals surface area contributed by atoms with Crippen LogP contribution in [0.2, 0.25) is 0 Å². The molecule has 0 bridgehead atoms. The number of amides is 1. The molecule has 0 atom stereocenters. The molecule has 0 aliphatic heterocycles. The van der Waals surface area contributed by atoms with Crippen LogP contribution < -0.4 is 10.1 Å². The van der Waals surface area contributed by atoms with E-state index in [1.165, 1.54) is 0 Å². The third kappa shape index (κ3) is 7.95. The van der Waals surface area contributed by atoms with Gasteiger partial charge in [-0.2, -0.15) is 5.10 Å². The lowest BCUT2D eigenvalue weighted by atomic mass is 10.0. The normalized spacial score (nSPS) is 11.1. The molecule has 2 aromatic carbocycles. The summed E-state index contributed by atoms with van der Waals surface area (Å²) < 4.78 is 13.1. The Morgan fingerprint density at radius 1 is 1.09 bits per heavy atom. The number of hydrogen-bond acceptors (Lipinski definition) is 5. The molecule has 34 heavy (non-hydrogen) atoms. The lowest BCUT2D eigenvalue weighted by Gasteiger charge is -2.19.